The minimum Gasteiger partial charge on any atom is -0.497 e. The summed E-state index contributed by atoms with van der Waals surface area (Å²) in [5.41, 5.74) is 6.76. The molecule has 5 nitrogen and oxygen atoms in total. The summed E-state index contributed by atoms with van der Waals surface area (Å²) >= 11 is 7.61. The predicted molar refractivity (Wildman–Crippen MR) is 138 cm³/mol. The molecule has 2 heterocycles. The van der Waals surface area contributed by atoms with Crippen molar-refractivity contribution in [2.45, 2.75) is 6.92 Å². The van der Waals surface area contributed by atoms with Gasteiger partial charge in [-0.25, -0.2) is 9.67 Å². The largest absolute Gasteiger partial charge is 0.497 e. The molecule has 0 atom stereocenters. The molecule has 0 radical (unpaired) electrons. The van der Waals surface area contributed by atoms with Gasteiger partial charge >= 0.3 is 0 Å². The molecule has 0 spiro atoms. The Labute approximate surface area is 207 Å². The Bertz CT molecular complexity index is 1460. The van der Waals surface area contributed by atoms with Crippen LogP contribution in [-0.4, -0.2) is 29.0 Å². The maximum atomic E-state index is 6.06. The van der Waals surface area contributed by atoms with Gasteiger partial charge in [0.05, 0.1) is 31.3 Å². The van der Waals surface area contributed by atoms with Crippen molar-refractivity contribution in [3.05, 3.63) is 88.8 Å². The van der Waals surface area contributed by atoms with Gasteiger partial charge < -0.3 is 9.47 Å². The van der Waals surface area contributed by atoms with Gasteiger partial charge in [-0.05, 0) is 43.3 Å². The van der Waals surface area contributed by atoms with Crippen LogP contribution in [0.3, 0.4) is 0 Å². The van der Waals surface area contributed by atoms with Crippen LogP contribution in [0.15, 0.2) is 78.2 Å². The fraction of sp³-hybridized carbons (Fsp3) is 0.111. The van der Waals surface area contributed by atoms with E-state index >= 15 is 0 Å². The van der Waals surface area contributed by atoms with Crippen molar-refractivity contribution in [2.24, 2.45) is 0 Å². The van der Waals surface area contributed by atoms with E-state index in [-0.39, 0.29) is 0 Å². The highest BCUT2D eigenvalue weighted by molar-refractivity contribution is 7.12. The predicted octanol–water partition coefficient (Wildman–Crippen LogP) is 7.31. The molecule has 0 amide bonds. The normalized spacial score (nSPS) is 10.9. The third-order valence-corrected chi connectivity index (χ3v) is 6.69. The van der Waals surface area contributed by atoms with Crippen LogP contribution in [0.5, 0.6) is 11.5 Å². The molecule has 0 unspecified atom stereocenters. The molecule has 0 bridgehead atoms. The number of hydrogen-bond donors (Lipinski definition) is 0. The van der Waals surface area contributed by atoms with Crippen molar-refractivity contribution in [3.8, 4) is 50.4 Å². The molecule has 0 aliphatic rings. The second-order valence-corrected chi connectivity index (χ2v) is 8.99. The van der Waals surface area contributed by atoms with Gasteiger partial charge in [-0.3, -0.25) is 0 Å². The summed E-state index contributed by atoms with van der Waals surface area (Å²) in [7, 11) is 3.34. The molecule has 170 valence electrons. The smallest absolute Gasteiger partial charge is 0.211 e. The highest BCUT2D eigenvalue weighted by Crippen LogP contribution is 2.37. The van der Waals surface area contributed by atoms with Crippen LogP contribution in [0.25, 0.3) is 38.9 Å². The first-order valence-corrected chi connectivity index (χ1v) is 11.9. The first-order chi connectivity index (χ1) is 16.6. The summed E-state index contributed by atoms with van der Waals surface area (Å²) in [6, 6.07) is 23.6. The fourth-order valence-corrected chi connectivity index (χ4v) is 4.82. The highest BCUT2D eigenvalue weighted by atomic mass is 35.5. The van der Waals surface area contributed by atoms with E-state index in [1.807, 2.05) is 76.8 Å². The van der Waals surface area contributed by atoms with Crippen LogP contribution in [0.1, 0.15) is 5.56 Å². The number of halogens is 1. The van der Waals surface area contributed by atoms with E-state index in [0.717, 1.165) is 56.0 Å². The Morgan fingerprint density at radius 1 is 0.824 bits per heavy atom. The maximum Gasteiger partial charge on any atom is 0.211 e. The zero-order valence-corrected chi connectivity index (χ0v) is 20.5. The Morgan fingerprint density at radius 2 is 1.47 bits per heavy atom. The Hall–Kier alpha value is -3.61. The summed E-state index contributed by atoms with van der Waals surface area (Å²) < 4.78 is 12.8. The number of hydrogen-bond acceptors (Lipinski definition) is 5. The van der Waals surface area contributed by atoms with Gasteiger partial charge in [-0.15, -0.1) is 11.3 Å². The standard InChI is InChI=1S/C27H22ClN3O2S/c1-17-25(19-6-4-8-22(14-19)32-2)30-31(26(17)20-7-5-9-23(15-20)33-3)27-29-24(16-34-27)18-10-12-21(28)13-11-18/h4-16H,1-3H3. The van der Waals surface area contributed by atoms with Crippen molar-refractivity contribution >= 4 is 22.9 Å². The molecule has 34 heavy (non-hydrogen) atoms. The summed E-state index contributed by atoms with van der Waals surface area (Å²) in [4.78, 5) is 4.91. The Morgan fingerprint density at radius 3 is 2.15 bits per heavy atom. The molecule has 7 heteroatoms. The second-order valence-electron chi connectivity index (χ2n) is 7.72. The van der Waals surface area contributed by atoms with E-state index in [9.17, 15) is 0 Å². The molecule has 0 N–H and O–H groups in total. The van der Waals surface area contributed by atoms with E-state index in [1.165, 1.54) is 0 Å². The third kappa shape index (κ3) is 4.18. The average Bonchev–Trinajstić information content (AvgIpc) is 3.49. The van der Waals surface area contributed by atoms with Crippen LogP contribution in [0, 0.1) is 6.92 Å². The van der Waals surface area contributed by atoms with E-state index < -0.39 is 0 Å². The van der Waals surface area contributed by atoms with Crippen molar-refractivity contribution in [1.82, 2.24) is 14.8 Å². The minimum atomic E-state index is 0.699. The lowest BCUT2D eigenvalue weighted by molar-refractivity contribution is 0.415. The highest BCUT2D eigenvalue weighted by Gasteiger charge is 2.21. The summed E-state index contributed by atoms with van der Waals surface area (Å²) in [5.74, 6) is 1.57. The third-order valence-electron chi connectivity index (χ3n) is 5.62. The van der Waals surface area contributed by atoms with E-state index in [0.29, 0.717) is 5.02 Å². The summed E-state index contributed by atoms with van der Waals surface area (Å²) in [6.45, 7) is 2.08. The quantitative estimate of drug-likeness (QED) is 0.252. The van der Waals surface area contributed by atoms with Crippen LogP contribution in [0.2, 0.25) is 5.02 Å². The number of nitrogens with zero attached hydrogens (tertiary/aromatic N) is 3. The Kier molecular flexibility index (Phi) is 6.09. The average molecular weight is 488 g/mol. The first-order valence-electron chi connectivity index (χ1n) is 10.7. The summed E-state index contributed by atoms with van der Waals surface area (Å²) in [6.07, 6.45) is 0. The van der Waals surface area contributed by atoms with E-state index in [2.05, 4.69) is 13.0 Å². The maximum absolute atomic E-state index is 6.06. The van der Waals surface area contributed by atoms with Gasteiger partial charge in [-0.1, -0.05) is 48.0 Å². The number of methoxy groups -OCH3 is 2. The van der Waals surface area contributed by atoms with Crippen LogP contribution >= 0.6 is 22.9 Å². The van der Waals surface area contributed by atoms with E-state index in [4.69, 9.17) is 31.2 Å². The zero-order chi connectivity index (χ0) is 23.7. The molecule has 0 fully saturated rings. The van der Waals surface area contributed by atoms with Gasteiger partial charge in [-0.2, -0.15) is 5.10 Å². The SMILES string of the molecule is COc1cccc(-c2nn(-c3nc(-c4ccc(Cl)cc4)cs3)c(-c3cccc(OC)c3)c2C)c1. The van der Waals surface area contributed by atoms with E-state index in [1.54, 1.807) is 25.6 Å². The van der Waals surface area contributed by atoms with Crippen LogP contribution < -0.4 is 9.47 Å². The number of benzene rings is 3. The second kappa shape index (κ2) is 9.33. The van der Waals surface area contributed by atoms with Crippen LogP contribution in [-0.2, 0) is 0 Å². The molecule has 2 aromatic heterocycles. The number of ether oxygens (including phenoxy) is 2. The molecule has 0 aliphatic carbocycles. The van der Waals surface area contributed by atoms with Gasteiger partial charge in [0.25, 0.3) is 0 Å². The Balaban J connectivity index is 1.68. The van der Waals surface area contributed by atoms with Crippen LogP contribution in [0.4, 0.5) is 0 Å². The lowest BCUT2D eigenvalue weighted by Gasteiger charge is -2.08. The molecule has 5 rings (SSSR count). The van der Waals surface area contributed by atoms with Gasteiger partial charge in [0.2, 0.25) is 5.13 Å². The zero-order valence-electron chi connectivity index (χ0n) is 18.9. The molecule has 3 aromatic carbocycles. The molecule has 0 aliphatic heterocycles. The number of rotatable bonds is 6. The number of aromatic nitrogens is 3. The topological polar surface area (TPSA) is 49.2 Å². The molecular weight excluding hydrogens is 466 g/mol. The van der Waals surface area contributed by atoms with Crippen molar-refractivity contribution in [1.29, 1.82) is 0 Å². The summed E-state index contributed by atoms with van der Waals surface area (Å²) in [5, 5.41) is 8.54. The minimum absolute atomic E-state index is 0.699. The van der Waals surface area contributed by atoms with Gasteiger partial charge in [0.1, 0.15) is 11.5 Å². The fourth-order valence-electron chi connectivity index (χ4n) is 3.90. The molecule has 0 saturated carbocycles. The van der Waals surface area contributed by atoms with Gasteiger partial charge in [0, 0.05) is 32.7 Å². The van der Waals surface area contributed by atoms with Crippen molar-refractivity contribution in [3.63, 3.8) is 0 Å². The molecular formula is C27H22ClN3O2S. The lowest BCUT2D eigenvalue weighted by Crippen LogP contribution is -1.99. The monoisotopic (exact) mass is 487 g/mol. The molecule has 5 aromatic rings. The van der Waals surface area contributed by atoms with Crippen molar-refractivity contribution in [2.75, 3.05) is 14.2 Å². The lowest BCUT2D eigenvalue weighted by atomic mass is 10.0. The molecule has 0 saturated heterocycles. The van der Waals surface area contributed by atoms with Crippen molar-refractivity contribution < 1.29 is 9.47 Å². The number of thiazole rings is 1. The van der Waals surface area contributed by atoms with Gasteiger partial charge in [0.15, 0.2) is 0 Å². The first kappa shape index (κ1) is 22.2.